The van der Waals surface area contributed by atoms with Crippen LogP contribution < -0.4 is 4.74 Å². The number of imidazole rings is 1. The van der Waals surface area contributed by atoms with Crippen molar-refractivity contribution in [2.24, 2.45) is 7.05 Å². The fourth-order valence-corrected chi connectivity index (χ4v) is 1.46. The molecule has 78 valence electrons. The summed E-state index contributed by atoms with van der Waals surface area (Å²) in [6, 6.07) is 7.99. The van der Waals surface area contributed by atoms with E-state index in [9.17, 15) is 0 Å². The Morgan fingerprint density at radius 1 is 1.33 bits per heavy atom. The molecule has 0 fully saturated rings. The highest BCUT2D eigenvalue weighted by molar-refractivity contribution is 9.10. The highest BCUT2D eigenvalue weighted by Crippen LogP contribution is 2.23. The first-order chi connectivity index (χ1) is 7.16. The SMILES string of the molecule is Cn1c(Cl)cnc1Oc1ccc(Br)cc1. The molecule has 2 rings (SSSR count). The summed E-state index contributed by atoms with van der Waals surface area (Å²) in [5.41, 5.74) is 0. The lowest BCUT2D eigenvalue weighted by molar-refractivity contribution is 0.425. The molecule has 3 nitrogen and oxygen atoms in total. The monoisotopic (exact) mass is 286 g/mol. The van der Waals surface area contributed by atoms with Crippen molar-refractivity contribution in [2.75, 3.05) is 0 Å². The predicted molar refractivity (Wildman–Crippen MR) is 62.4 cm³/mol. The molecule has 0 aliphatic rings. The number of benzene rings is 1. The van der Waals surface area contributed by atoms with E-state index >= 15 is 0 Å². The van der Waals surface area contributed by atoms with Crippen molar-refractivity contribution in [1.82, 2.24) is 9.55 Å². The van der Waals surface area contributed by atoms with Gasteiger partial charge in [-0.3, -0.25) is 4.57 Å². The van der Waals surface area contributed by atoms with Crippen molar-refractivity contribution in [3.05, 3.63) is 40.1 Å². The molecule has 0 radical (unpaired) electrons. The summed E-state index contributed by atoms with van der Waals surface area (Å²) in [6.45, 7) is 0. The maximum Gasteiger partial charge on any atom is 0.302 e. The molecule has 5 heteroatoms. The van der Waals surface area contributed by atoms with Crippen molar-refractivity contribution in [1.29, 1.82) is 0 Å². The van der Waals surface area contributed by atoms with Crippen molar-refractivity contribution < 1.29 is 4.74 Å². The topological polar surface area (TPSA) is 27.1 Å². The Balaban J connectivity index is 2.22. The van der Waals surface area contributed by atoms with Gasteiger partial charge in [0, 0.05) is 11.5 Å². The van der Waals surface area contributed by atoms with E-state index in [-0.39, 0.29) is 0 Å². The Bertz CT molecular complexity index is 467. The van der Waals surface area contributed by atoms with Gasteiger partial charge < -0.3 is 4.74 Å². The Morgan fingerprint density at radius 2 is 2.00 bits per heavy atom. The molecule has 0 unspecified atom stereocenters. The van der Waals surface area contributed by atoms with Crippen LogP contribution in [0.3, 0.4) is 0 Å². The van der Waals surface area contributed by atoms with Gasteiger partial charge in [0.2, 0.25) is 0 Å². The van der Waals surface area contributed by atoms with Crippen LogP contribution in [0.2, 0.25) is 5.15 Å². The second-order valence-corrected chi connectivity index (χ2v) is 4.28. The minimum Gasteiger partial charge on any atom is -0.425 e. The lowest BCUT2D eigenvalue weighted by atomic mass is 10.3. The number of ether oxygens (including phenoxy) is 1. The molecule has 0 aliphatic heterocycles. The smallest absolute Gasteiger partial charge is 0.302 e. The van der Waals surface area contributed by atoms with E-state index in [0.29, 0.717) is 11.2 Å². The van der Waals surface area contributed by atoms with E-state index in [1.54, 1.807) is 17.8 Å². The molecule has 0 N–H and O–H groups in total. The predicted octanol–water partition coefficient (Wildman–Crippen LogP) is 3.63. The van der Waals surface area contributed by atoms with Crippen LogP contribution in [0, 0.1) is 0 Å². The Kier molecular flexibility index (Phi) is 2.98. The molecule has 15 heavy (non-hydrogen) atoms. The summed E-state index contributed by atoms with van der Waals surface area (Å²) < 4.78 is 8.21. The third-order valence-electron chi connectivity index (χ3n) is 1.91. The third kappa shape index (κ3) is 2.33. The van der Waals surface area contributed by atoms with Gasteiger partial charge >= 0.3 is 6.01 Å². The van der Waals surface area contributed by atoms with Gasteiger partial charge in [-0.15, -0.1) is 0 Å². The first kappa shape index (κ1) is 10.5. The zero-order valence-electron chi connectivity index (χ0n) is 7.95. The molecule has 0 aliphatic carbocycles. The molecule has 0 spiro atoms. The zero-order chi connectivity index (χ0) is 10.8. The summed E-state index contributed by atoms with van der Waals surface area (Å²) in [6.07, 6.45) is 1.55. The molecule has 0 bridgehead atoms. The van der Waals surface area contributed by atoms with Gasteiger partial charge in [-0.25, -0.2) is 4.98 Å². The molecule has 0 saturated heterocycles. The van der Waals surface area contributed by atoms with Crippen LogP contribution in [-0.2, 0) is 7.05 Å². The van der Waals surface area contributed by atoms with Gasteiger partial charge in [-0.1, -0.05) is 27.5 Å². The van der Waals surface area contributed by atoms with E-state index < -0.39 is 0 Å². The first-order valence-electron chi connectivity index (χ1n) is 4.27. The number of hydrogen-bond donors (Lipinski definition) is 0. The summed E-state index contributed by atoms with van der Waals surface area (Å²) in [7, 11) is 1.80. The van der Waals surface area contributed by atoms with Crippen molar-refractivity contribution in [3.8, 4) is 11.8 Å². The fraction of sp³-hybridized carbons (Fsp3) is 0.100. The van der Waals surface area contributed by atoms with E-state index in [1.807, 2.05) is 24.3 Å². The first-order valence-corrected chi connectivity index (χ1v) is 5.44. The fourth-order valence-electron chi connectivity index (χ4n) is 1.08. The molecule has 0 atom stereocenters. The number of nitrogens with zero attached hydrogens (tertiary/aromatic N) is 2. The summed E-state index contributed by atoms with van der Waals surface area (Å²) in [4.78, 5) is 4.03. The standard InChI is InChI=1S/C10H8BrClN2O/c1-14-9(12)6-13-10(14)15-8-4-2-7(11)3-5-8/h2-6H,1H3. The van der Waals surface area contributed by atoms with Gasteiger partial charge in [0.05, 0.1) is 6.20 Å². The van der Waals surface area contributed by atoms with E-state index in [4.69, 9.17) is 16.3 Å². The van der Waals surface area contributed by atoms with Gasteiger partial charge in [-0.2, -0.15) is 0 Å². The quantitative estimate of drug-likeness (QED) is 0.843. The number of hydrogen-bond acceptors (Lipinski definition) is 2. The molecule has 1 aromatic heterocycles. The molecule has 1 heterocycles. The van der Waals surface area contributed by atoms with E-state index in [0.717, 1.165) is 10.2 Å². The maximum absolute atomic E-state index is 5.83. The third-order valence-corrected chi connectivity index (χ3v) is 2.79. The van der Waals surface area contributed by atoms with Crippen LogP contribution in [0.4, 0.5) is 0 Å². The number of aromatic nitrogens is 2. The molecule has 0 amide bonds. The van der Waals surface area contributed by atoms with Crippen LogP contribution in [0.15, 0.2) is 34.9 Å². The Morgan fingerprint density at radius 3 is 2.53 bits per heavy atom. The van der Waals surface area contributed by atoms with Crippen LogP contribution in [-0.4, -0.2) is 9.55 Å². The molecule has 0 saturated carbocycles. The van der Waals surface area contributed by atoms with Gasteiger partial charge in [0.15, 0.2) is 0 Å². The maximum atomic E-state index is 5.83. The summed E-state index contributed by atoms with van der Waals surface area (Å²) in [5.74, 6) is 0.726. The van der Waals surface area contributed by atoms with Gasteiger partial charge in [0.1, 0.15) is 10.9 Å². The number of halogens is 2. The average molecular weight is 288 g/mol. The molecule has 1 aromatic carbocycles. The van der Waals surface area contributed by atoms with Crippen LogP contribution in [0.5, 0.6) is 11.8 Å². The van der Waals surface area contributed by atoms with E-state index in [2.05, 4.69) is 20.9 Å². The summed E-state index contributed by atoms with van der Waals surface area (Å²) >= 11 is 9.19. The second-order valence-electron chi connectivity index (χ2n) is 2.98. The largest absolute Gasteiger partial charge is 0.425 e. The Hall–Kier alpha value is -1.000. The Labute approximate surface area is 101 Å². The molecule has 2 aromatic rings. The van der Waals surface area contributed by atoms with Crippen LogP contribution >= 0.6 is 27.5 Å². The van der Waals surface area contributed by atoms with Crippen molar-refractivity contribution in [2.45, 2.75) is 0 Å². The molecular formula is C10H8BrClN2O. The van der Waals surface area contributed by atoms with Crippen LogP contribution in [0.1, 0.15) is 0 Å². The van der Waals surface area contributed by atoms with Crippen molar-refractivity contribution in [3.63, 3.8) is 0 Å². The highest BCUT2D eigenvalue weighted by atomic mass is 79.9. The second kappa shape index (κ2) is 4.24. The van der Waals surface area contributed by atoms with Crippen LogP contribution in [0.25, 0.3) is 0 Å². The lowest BCUT2D eigenvalue weighted by Crippen LogP contribution is -1.94. The normalized spacial score (nSPS) is 10.3. The minimum absolute atomic E-state index is 0.474. The van der Waals surface area contributed by atoms with Crippen molar-refractivity contribution >= 4 is 27.5 Å². The minimum atomic E-state index is 0.474. The zero-order valence-corrected chi connectivity index (χ0v) is 10.3. The average Bonchev–Trinajstić information content (AvgIpc) is 2.53. The van der Waals surface area contributed by atoms with Gasteiger partial charge in [0.25, 0.3) is 0 Å². The molecular weight excluding hydrogens is 279 g/mol. The lowest BCUT2D eigenvalue weighted by Gasteiger charge is -2.04. The van der Waals surface area contributed by atoms with Gasteiger partial charge in [-0.05, 0) is 24.3 Å². The number of rotatable bonds is 2. The van der Waals surface area contributed by atoms with E-state index in [1.165, 1.54) is 0 Å². The summed E-state index contributed by atoms with van der Waals surface area (Å²) in [5, 5.41) is 0.544. The highest BCUT2D eigenvalue weighted by Gasteiger charge is 2.06.